The van der Waals surface area contributed by atoms with Crippen LogP contribution in [0, 0.1) is 0 Å². The average Bonchev–Trinajstić information content (AvgIpc) is 3.30. The summed E-state index contributed by atoms with van der Waals surface area (Å²) in [5, 5.41) is 4.25. The smallest absolute Gasteiger partial charge is 0.119 e. The van der Waals surface area contributed by atoms with E-state index in [0.717, 1.165) is 34.0 Å². The number of aliphatic imine (C=N–C) groups is 1. The third kappa shape index (κ3) is 4.78. The first kappa shape index (κ1) is 19.6. The lowest BCUT2D eigenvalue weighted by Crippen LogP contribution is -2.18. The summed E-state index contributed by atoms with van der Waals surface area (Å²) in [6, 6.07) is 13.9. The highest BCUT2D eigenvalue weighted by atomic mass is 32.1. The molecule has 0 saturated heterocycles. The summed E-state index contributed by atoms with van der Waals surface area (Å²) >= 11 is 1.75. The highest BCUT2D eigenvalue weighted by molar-refractivity contribution is 7.19. The maximum Gasteiger partial charge on any atom is 0.119 e. The van der Waals surface area contributed by atoms with Crippen molar-refractivity contribution >= 4 is 44.3 Å². The number of nitrogen functional groups attached to an aromatic ring is 2. The van der Waals surface area contributed by atoms with Crippen LogP contribution in [0.2, 0.25) is 0 Å². The van der Waals surface area contributed by atoms with E-state index in [2.05, 4.69) is 53.1 Å². The number of nitrogens with zero attached hydrogens (tertiary/aromatic N) is 2. The maximum atomic E-state index is 5.72. The van der Waals surface area contributed by atoms with Crippen LogP contribution >= 0.6 is 11.3 Å². The molecule has 0 bridgehead atoms. The summed E-state index contributed by atoms with van der Waals surface area (Å²) < 4.78 is 1.26. The van der Waals surface area contributed by atoms with E-state index >= 15 is 0 Å². The van der Waals surface area contributed by atoms with Crippen LogP contribution in [0.3, 0.4) is 0 Å². The van der Waals surface area contributed by atoms with Gasteiger partial charge >= 0.3 is 0 Å². The molecule has 1 aliphatic heterocycles. The molecule has 28 heavy (non-hydrogen) atoms. The van der Waals surface area contributed by atoms with Crippen molar-refractivity contribution < 1.29 is 0 Å². The van der Waals surface area contributed by atoms with E-state index in [1.807, 2.05) is 31.2 Å². The van der Waals surface area contributed by atoms with E-state index in [1.54, 1.807) is 11.3 Å². The van der Waals surface area contributed by atoms with Crippen LogP contribution in [0.4, 0.5) is 11.4 Å². The Labute approximate surface area is 169 Å². The molecule has 1 aliphatic rings. The van der Waals surface area contributed by atoms with Crippen molar-refractivity contribution in [3.63, 3.8) is 0 Å². The minimum Gasteiger partial charge on any atom is -0.397 e. The summed E-state index contributed by atoms with van der Waals surface area (Å²) in [4.78, 5) is 8.83. The van der Waals surface area contributed by atoms with E-state index in [9.17, 15) is 0 Å². The molecular formula is C22H25N5S. The topological polar surface area (TPSA) is 89.3 Å². The molecule has 1 aromatic heterocycles. The zero-order valence-corrected chi connectivity index (χ0v) is 17.0. The Morgan fingerprint density at radius 1 is 1.21 bits per heavy atom. The molecule has 2 aromatic carbocycles. The number of hydrogen-bond donors (Lipinski definition) is 3. The van der Waals surface area contributed by atoms with Gasteiger partial charge in [0.15, 0.2) is 0 Å². The van der Waals surface area contributed by atoms with Crippen molar-refractivity contribution in [2.24, 2.45) is 4.99 Å². The van der Waals surface area contributed by atoms with Gasteiger partial charge in [-0.25, -0.2) is 4.98 Å². The van der Waals surface area contributed by atoms with Gasteiger partial charge in [-0.3, -0.25) is 4.99 Å². The van der Waals surface area contributed by atoms with Crippen LogP contribution in [-0.2, 0) is 6.42 Å². The van der Waals surface area contributed by atoms with Gasteiger partial charge in [-0.15, -0.1) is 11.3 Å². The largest absolute Gasteiger partial charge is 0.397 e. The fourth-order valence-electron chi connectivity index (χ4n) is 2.67. The second kappa shape index (κ2) is 8.71. The molecule has 0 atom stereocenters. The summed E-state index contributed by atoms with van der Waals surface area (Å²) in [6.07, 6.45) is 2.83. The first-order valence-corrected chi connectivity index (χ1v) is 9.88. The monoisotopic (exact) mass is 391 g/mol. The Kier molecular flexibility index (Phi) is 6.11. The molecule has 3 aromatic rings. The molecule has 6 heteroatoms. The number of hydrogen-bond acceptors (Lipinski definition) is 6. The van der Waals surface area contributed by atoms with Crippen molar-refractivity contribution in [3.05, 3.63) is 71.4 Å². The number of benzene rings is 2. The minimum absolute atomic E-state index is 0.615. The summed E-state index contributed by atoms with van der Waals surface area (Å²) in [5.74, 6) is 0.934. The molecule has 0 aliphatic carbocycles. The van der Waals surface area contributed by atoms with Gasteiger partial charge in [0.05, 0.1) is 28.1 Å². The second-order valence-corrected chi connectivity index (χ2v) is 7.62. The minimum atomic E-state index is 0.615. The molecule has 5 N–H and O–H groups in total. The fraction of sp³-hybridized carbons (Fsp3) is 0.182. The quantitative estimate of drug-likeness (QED) is 0.568. The van der Waals surface area contributed by atoms with Gasteiger partial charge in [0.1, 0.15) is 10.8 Å². The second-order valence-electron chi connectivity index (χ2n) is 6.59. The van der Waals surface area contributed by atoms with Crippen LogP contribution in [-0.4, -0.2) is 17.4 Å². The Morgan fingerprint density at radius 2 is 2.00 bits per heavy atom. The Bertz CT molecular complexity index is 1030. The first-order valence-electron chi connectivity index (χ1n) is 9.07. The van der Waals surface area contributed by atoms with Crippen LogP contribution in [0.25, 0.3) is 15.8 Å². The van der Waals surface area contributed by atoms with Crippen molar-refractivity contribution in [2.45, 2.75) is 20.3 Å². The summed E-state index contributed by atoms with van der Waals surface area (Å²) in [6.45, 7) is 8.61. The summed E-state index contributed by atoms with van der Waals surface area (Å²) in [7, 11) is 0. The molecular weight excluding hydrogens is 366 g/mol. The average molecular weight is 392 g/mol. The number of rotatable bonds is 3. The molecule has 5 nitrogen and oxygen atoms in total. The highest BCUT2D eigenvalue weighted by Gasteiger charge is 2.09. The van der Waals surface area contributed by atoms with Gasteiger partial charge in [0.25, 0.3) is 0 Å². The Balaban J connectivity index is 0.000000162. The van der Waals surface area contributed by atoms with E-state index in [4.69, 9.17) is 11.5 Å². The molecule has 4 rings (SSSR count). The molecule has 0 saturated carbocycles. The predicted molar refractivity (Wildman–Crippen MR) is 122 cm³/mol. The van der Waals surface area contributed by atoms with Crippen molar-refractivity contribution in [1.29, 1.82) is 0 Å². The first-order chi connectivity index (χ1) is 13.5. The number of nitrogens with one attached hydrogen (secondary N) is 1. The van der Waals surface area contributed by atoms with Crippen LogP contribution in [0.5, 0.6) is 0 Å². The van der Waals surface area contributed by atoms with E-state index < -0.39 is 0 Å². The van der Waals surface area contributed by atoms with Crippen molar-refractivity contribution in [2.75, 3.05) is 18.0 Å². The zero-order chi connectivity index (χ0) is 20.1. The number of anilines is 2. The number of aromatic nitrogens is 1. The number of para-hydroxylation sites is 1. The third-order valence-electron chi connectivity index (χ3n) is 4.37. The van der Waals surface area contributed by atoms with Crippen molar-refractivity contribution in [3.8, 4) is 0 Å². The standard InChI is InChI=1S/C11H14N4.C11H11NS/c1-7-6-14-11(15-7)5-8-2-3-9(12)10(13)4-8;1-3-8(2)11-12-9-6-4-5-7-10(9)13-11/h2-4H,1,5-6,12-13H2,(H,14,15);3-7H,1-2H3/b;8-3+. The van der Waals surface area contributed by atoms with Gasteiger partial charge in [-0.05, 0) is 49.2 Å². The molecule has 0 fully saturated rings. The normalized spacial score (nSPS) is 13.7. The number of amidine groups is 1. The Hall–Kier alpha value is -3.12. The molecule has 0 amide bonds. The SMILES string of the molecule is C/C=C(\C)c1nc2ccccc2s1.C=C1CN=C(Cc2ccc(N)c(N)c2)N1. The van der Waals surface area contributed by atoms with E-state index in [1.165, 1.54) is 10.3 Å². The fourth-order valence-corrected chi connectivity index (χ4v) is 3.66. The number of nitrogens with two attached hydrogens (primary N) is 2. The number of fused-ring (bicyclic) bond motifs is 1. The van der Waals surface area contributed by atoms with Gasteiger partial charge in [-0.2, -0.15) is 0 Å². The lowest BCUT2D eigenvalue weighted by molar-refractivity contribution is 1.11. The Morgan fingerprint density at radius 3 is 2.64 bits per heavy atom. The van der Waals surface area contributed by atoms with E-state index in [-0.39, 0.29) is 0 Å². The summed E-state index contributed by atoms with van der Waals surface area (Å²) in [5.41, 5.74) is 17.0. The van der Waals surface area contributed by atoms with Crippen LogP contribution < -0.4 is 16.8 Å². The number of allylic oxidation sites excluding steroid dienone is 2. The lowest BCUT2D eigenvalue weighted by atomic mass is 10.1. The number of thiazole rings is 1. The van der Waals surface area contributed by atoms with Gasteiger partial charge in [-0.1, -0.05) is 30.9 Å². The molecule has 0 spiro atoms. The van der Waals surface area contributed by atoms with Gasteiger partial charge < -0.3 is 16.8 Å². The van der Waals surface area contributed by atoms with Gasteiger partial charge in [0.2, 0.25) is 0 Å². The van der Waals surface area contributed by atoms with Crippen LogP contribution in [0.1, 0.15) is 24.4 Å². The lowest BCUT2D eigenvalue weighted by Gasteiger charge is -2.05. The molecule has 0 unspecified atom stereocenters. The predicted octanol–water partition coefficient (Wildman–Crippen LogP) is 4.63. The highest BCUT2D eigenvalue weighted by Crippen LogP contribution is 2.26. The van der Waals surface area contributed by atoms with Gasteiger partial charge in [0, 0.05) is 12.1 Å². The van der Waals surface area contributed by atoms with E-state index in [0.29, 0.717) is 17.9 Å². The molecule has 0 radical (unpaired) electrons. The molecule has 2 heterocycles. The zero-order valence-electron chi connectivity index (χ0n) is 16.2. The third-order valence-corrected chi connectivity index (χ3v) is 5.54. The molecule has 144 valence electrons. The van der Waals surface area contributed by atoms with Crippen LogP contribution in [0.15, 0.2) is 65.8 Å². The maximum absolute atomic E-state index is 5.72. The van der Waals surface area contributed by atoms with Crippen molar-refractivity contribution in [1.82, 2.24) is 10.3 Å².